The summed E-state index contributed by atoms with van der Waals surface area (Å²) in [5, 5.41) is 0. The van der Waals surface area contributed by atoms with Gasteiger partial charge in [-0.05, 0) is 0 Å². The molecule has 5 heteroatoms. The van der Waals surface area contributed by atoms with Gasteiger partial charge in [0, 0.05) is 11.1 Å². The first kappa shape index (κ1) is 9.99. The molecule has 0 saturated heterocycles. The maximum atomic E-state index is 5.45. The molecular formula is C4H2Cl4S. The van der Waals surface area contributed by atoms with Gasteiger partial charge >= 0.3 is 0 Å². The second kappa shape index (κ2) is 5.75. The SMILES string of the molecule is ClC=C(Cl)SC(Cl)=CCl. The second-order valence-corrected chi connectivity index (χ2v) is 3.71. The van der Waals surface area contributed by atoms with E-state index in [4.69, 9.17) is 46.4 Å². The van der Waals surface area contributed by atoms with E-state index >= 15 is 0 Å². The predicted molar refractivity (Wildman–Crippen MR) is 47.2 cm³/mol. The lowest BCUT2D eigenvalue weighted by Crippen LogP contribution is -1.57. The van der Waals surface area contributed by atoms with Crippen molar-refractivity contribution in [2.24, 2.45) is 0 Å². The summed E-state index contributed by atoms with van der Waals surface area (Å²) in [5.41, 5.74) is 2.43. The van der Waals surface area contributed by atoms with Crippen LogP contribution in [0.3, 0.4) is 0 Å². The predicted octanol–water partition coefficient (Wildman–Crippen LogP) is 4.27. The molecule has 0 saturated carbocycles. The van der Waals surface area contributed by atoms with Gasteiger partial charge in [-0.15, -0.1) is 0 Å². The van der Waals surface area contributed by atoms with E-state index in [1.807, 2.05) is 0 Å². The Morgan fingerprint density at radius 3 is 1.56 bits per heavy atom. The van der Waals surface area contributed by atoms with Crippen LogP contribution < -0.4 is 0 Å². The van der Waals surface area contributed by atoms with E-state index in [-0.39, 0.29) is 0 Å². The molecule has 0 N–H and O–H groups in total. The van der Waals surface area contributed by atoms with Gasteiger partial charge in [-0.25, -0.2) is 0 Å². The third-order valence-corrected chi connectivity index (χ3v) is 2.59. The quantitative estimate of drug-likeness (QED) is 0.674. The van der Waals surface area contributed by atoms with Gasteiger partial charge in [0.25, 0.3) is 0 Å². The van der Waals surface area contributed by atoms with E-state index in [1.54, 1.807) is 0 Å². The average molecular weight is 224 g/mol. The molecular weight excluding hydrogens is 222 g/mol. The van der Waals surface area contributed by atoms with Crippen LogP contribution >= 0.6 is 58.2 Å². The molecule has 0 fully saturated rings. The monoisotopic (exact) mass is 222 g/mol. The summed E-state index contributed by atoms with van der Waals surface area (Å²) in [6.45, 7) is 0. The first-order valence-electron chi connectivity index (χ1n) is 1.80. The highest BCUT2D eigenvalue weighted by atomic mass is 35.5. The average Bonchev–Trinajstić information content (AvgIpc) is 1.87. The zero-order valence-corrected chi connectivity index (χ0v) is 7.92. The largest absolute Gasteiger partial charge is 0.0908 e. The Morgan fingerprint density at radius 1 is 1.00 bits per heavy atom. The van der Waals surface area contributed by atoms with Crippen LogP contribution in [-0.2, 0) is 0 Å². The van der Waals surface area contributed by atoms with Crippen LogP contribution in [-0.4, -0.2) is 0 Å². The lowest BCUT2D eigenvalue weighted by molar-refractivity contribution is 2.31. The Morgan fingerprint density at radius 2 is 1.33 bits per heavy atom. The molecule has 0 aliphatic heterocycles. The van der Waals surface area contributed by atoms with E-state index in [2.05, 4.69) is 0 Å². The molecule has 0 bridgehead atoms. The van der Waals surface area contributed by atoms with Crippen molar-refractivity contribution in [1.29, 1.82) is 0 Å². The first-order valence-corrected chi connectivity index (χ1v) is 4.25. The lowest BCUT2D eigenvalue weighted by atomic mass is 11.2. The fourth-order valence-corrected chi connectivity index (χ4v) is 1.30. The van der Waals surface area contributed by atoms with Crippen LogP contribution in [0.4, 0.5) is 0 Å². The summed E-state index contributed by atoms with van der Waals surface area (Å²) >= 11 is 22.4. The molecule has 0 unspecified atom stereocenters. The molecule has 0 aromatic heterocycles. The highest BCUT2D eigenvalue weighted by Gasteiger charge is 1.94. The number of thioether (sulfide) groups is 1. The Labute approximate surface area is 77.8 Å². The summed E-state index contributed by atoms with van der Waals surface area (Å²) < 4.78 is 0.775. The molecule has 0 rings (SSSR count). The first-order chi connectivity index (χ1) is 4.20. The van der Waals surface area contributed by atoms with E-state index in [0.29, 0.717) is 8.73 Å². The van der Waals surface area contributed by atoms with Crippen molar-refractivity contribution < 1.29 is 0 Å². The Kier molecular flexibility index (Phi) is 6.38. The fourth-order valence-electron chi connectivity index (χ4n) is 0.138. The summed E-state index contributed by atoms with van der Waals surface area (Å²) in [5.74, 6) is 0. The molecule has 0 amide bonds. The van der Waals surface area contributed by atoms with Crippen molar-refractivity contribution in [3.05, 3.63) is 19.8 Å². The minimum Gasteiger partial charge on any atom is -0.0908 e. The zero-order chi connectivity index (χ0) is 7.28. The fraction of sp³-hybridized carbons (Fsp3) is 0. The normalized spacial score (nSPS) is 14.2. The third kappa shape index (κ3) is 5.43. The van der Waals surface area contributed by atoms with Crippen molar-refractivity contribution in [3.8, 4) is 0 Å². The van der Waals surface area contributed by atoms with Crippen molar-refractivity contribution in [2.45, 2.75) is 0 Å². The van der Waals surface area contributed by atoms with Crippen LogP contribution in [0.25, 0.3) is 0 Å². The van der Waals surface area contributed by atoms with Crippen molar-refractivity contribution in [1.82, 2.24) is 0 Å². The van der Waals surface area contributed by atoms with Gasteiger partial charge in [-0.2, -0.15) is 0 Å². The Bertz CT molecular complexity index is 124. The standard InChI is InChI=1S/C4H2Cl4S/c5-1-3(7)9-4(8)2-6/h1-2H. The van der Waals surface area contributed by atoms with Gasteiger partial charge in [0.1, 0.15) is 0 Å². The molecule has 0 spiro atoms. The van der Waals surface area contributed by atoms with Gasteiger partial charge in [0.05, 0.1) is 8.73 Å². The minimum absolute atomic E-state index is 0.388. The van der Waals surface area contributed by atoms with E-state index in [0.717, 1.165) is 11.8 Å². The number of hydrogen-bond donors (Lipinski definition) is 0. The van der Waals surface area contributed by atoms with Gasteiger partial charge in [-0.3, -0.25) is 0 Å². The van der Waals surface area contributed by atoms with Crippen molar-refractivity contribution in [2.75, 3.05) is 0 Å². The van der Waals surface area contributed by atoms with E-state index in [9.17, 15) is 0 Å². The highest BCUT2D eigenvalue weighted by molar-refractivity contribution is 8.09. The van der Waals surface area contributed by atoms with Crippen LogP contribution in [0.5, 0.6) is 0 Å². The van der Waals surface area contributed by atoms with E-state index in [1.165, 1.54) is 11.1 Å². The molecule has 9 heavy (non-hydrogen) atoms. The number of hydrogen-bond acceptors (Lipinski definition) is 1. The van der Waals surface area contributed by atoms with E-state index < -0.39 is 0 Å². The molecule has 0 nitrogen and oxygen atoms in total. The maximum absolute atomic E-state index is 5.45. The van der Waals surface area contributed by atoms with Gasteiger partial charge in [0.2, 0.25) is 0 Å². The van der Waals surface area contributed by atoms with Gasteiger partial charge < -0.3 is 0 Å². The molecule has 0 radical (unpaired) electrons. The minimum atomic E-state index is 0.388. The zero-order valence-electron chi connectivity index (χ0n) is 4.07. The molecule has 0 atom stereocenters. The molecule has 0 aromatic rings. The molecule has 0 aliphatic carbocycles. The maximum Gasteiger partial charge on any atom is 0.0904 e. The summed E-state index contributed by atoms with van der Waals surface area (Å²) in [6, 6.07) is 0. The van der Waals surface area contributed by atoms with Crippen LogP contribution in [0, 0.1) is 0 Å². The molecule has 0 aliphatic rings. The topological polar surface area (TPSA) is 0 Å². The van der Waals surface area contributed by atoms with Crippen LogP contribution in [0.15, 0.2) is 19.8 Å². The summed E-state index contributed by atoms with van der Waals surface area (Å²) in [7, 11) is 0. The van der Waals surface area contributed by atoms with Crippen molar-refractivity contribution >= 4 is 58.2 Å². The Hall–Kier alpha value is 0.990. The van der Waals surface area contributed by atoms with Crippen molar-refractivity contribution in [3.63, 3.8) is 0 Å². The summed E-state index contributed by atoms with van der Waals surface area (Å²) in [6.07, 6.45) is 0. The molecule has 0 heterocycles. The summed E-state index contributed by atoms with van der Waals surface area (Å²) in [4.78, 5) is 0. The molecule has 0 aromatic carbocycles. The molecule has 52 valence electrons. The highest BCUT2D eigenvalue weighted by Crippen LogP contribution is 2.31. The number of rotatable bonds is 2. The Balaban J connectivity index is 3.75. The van der Waals surface area contributed by atoms with Crippen LogP contribution in [0.1, 0.15) is 0 Å². The van der Waals surface area contributed by atoms with Crippen LogP contribution in [0.2, 0.25) is 0 Å². The number of halogens is 4. The lowest BCUT2D eigenvalue weighted by Gasteiger charge is -1.90. The van der Waals surface area contributed by atoms with Gasteiger partial charge in [0.15, 0.2) is 0 Å². The van der Waals surface area contributed by atoms with Gasteiger partial charge in [-0.1, -0.05) is 58.2 Å². The second-order valence-electron chi connectivity index (χ2n) is 0.929. The third-order valence-electron chi connectivity index (χ3n) is 0.367. The smallest absolute Gasteiger partial charge is 0.0904 e.